The van der Waals surface area contributed by atoms with Gasteiger partial charge in [0.05, 0.1) is 24.2 Å². The fourth-order valence-electron chi connectivity index (χ4n) is 3.83. The zero-order valence-corrected chi connectivity index (χ0v) is 17.5. The Morgan fingerprint density at radius 3 is 2.45 bits per heavy atom. The molecule has 0 spiro atoms. The van der Waals surface area contributed by atoms with Gasteiger partial charge in [0.25, 0.3) is 11.8 Å². The lowest BCUT2D eigenvalue weighted by Crippen LogP contribution is -2.54. The van der Waals surface area contributed by atoms with Gasteiger partial charge in [0.1, 0.15) is 24.0 Å². The van der Waals surface area contributed by atoms with Crippen LogP contribution in [0.1, 0.15) is 59.9 Å². The van der Waals surface area contributed by atoms with E-state index in [-0.39, 0.29) is 37.1 Å². The molecule has 1 aromatic rings. The summed E-state index contributed by atoms with van der Waals surface area (Å²) < 4.78 is 11.2. The average Bonchev–Trinajstić information content (AvgIpc) is 2.82. The first-order chi connectivity index (χ1) is 14.5. The molecule has 4 rings (SSSR count). The Balaban J connectivity index is 1.62. The highest BCUT2D eigenvalue weighted by Crippen LogP contribution is 2.34. The zero-order valence-electron chi connectivity index (χ0n) is 17.5. The molecule has 1 fully saturated rings. The van der Waals surface area contributed by atoms with Gasteiger partial charge in [-0.15, -0.1) is 0 Å². The van der Waals surface area contributed by atoms with Crippen LogP contribution in [0.25, 0.3) is 0 Å². The molecule has 1 N–H and O–H groups in total. The third-order valence-corrected chi connectivity index (χ3v) is 5.25. The summed E-state index contributed by atoms with van der Waals surface area (Å²) in [6, 6.07) is 1.97. The van der Waals surface area contributed by atoms with Crippen LogP contribution >= 0.6 is 0 Å². The second kappa shape index (κ2) is 7.36. The minimum absolute atomic E-state index is 0.0499. The molecular weight excluding hydrogens is 406 g/mol. The molecule has 1 aromatic carbocycles. The second-order valence-electron chi connectivity index (χ2n) is 8.70. The standard InChI is InChI=1S/C21H23N3O7/c1-21(2,3)31-20(29)23-6-7-30-15-9-13-12(8-11(15)10-23)18(27)24(19(13)28)14-4-5-16(25)22-17(14)26/h8-9,14H,4-7,10H2,1-3H3,(H,22,25,26). The van der Waals surface area contributed by atoms with E-state index in [1.54, 1.807) is 20.8 Å². The van der Waals surface area contributed by atoms with Gasteiger partial charge < -0.3 is 14.4 Å². The van der Waals surface area contributed by atoms with Gasteiger partial charge in [0.15, 0.2) is 0 Å². The number of carbonyl (C=O) groups excluding carboxylic acids is 5. The number of nitrogens with one attached hydrogen (secondary N) is 1. The smallest absolute Gasteiger partial charge is 0.410 e. The number of hydrogen-bond donors (Lipinski definition) is 1. The number of hydrogen-bond acceptors (Lipinski definition) is 7. The van der Waals surface area contributed by atoms with E-state index in [4.69, 9.17) is 9.47 Å². The number of fused-ring (bicyclic) bond motifs is 2. The molecule has 0 saturated carbocycles. The van der Waals surface area contributed by atoms with Crippen LogP contribution in [-0.2, 0) is 20.9 Å². The maximum absolute atomic E-state index is 13.0. The number of benzene rings is 1. The summed E-state index contributed by atoms with van der Waals surface area (Å²) in [7, 11) is 0. The highest BCUT2D eigenvalue weighted by Gasteiger charge is 2.45. The topological polar surface area (TPSA) is 122 Å². The van der Waals surface area contributed by atoms with E-state index in [0.717, 1.165) is 4.90 Å². The molecule has 10 nitrogen and oxygen atoms in total. The number of carbonyl (C=O) groups is 5. The third kappa shape index (κ3) is 3.85. The van der Waals surface area contributed by atoms with Gasteiger partial charge in [0, 0.05) is 12.0 Å². The van der Waals surface area contributed by atoms with Crippen LogP contribution in [0, 0.1) is 0 Å². The molecular formula is C21H23N3O7. The maximum Gasteiger partial charge on any atom is 0.410 e. The number of imide groups is 2. The van der Waals surface area contributed by atoms with E-state index in [9.17, 15) is 24.0 Å². The van der Waals surface area contributed by atoms with Crippen LogP contribution in [0.3, 0.4) is 0 Å². The Kier molecular flexibility index (Phi) is 4.95. The number of nitrogens with zero attached hydrogens (tertiary/aromatic N) is 2. The van der Waals surface area contributed by atoms with E-state index < -0.39 is 41.4 Å². The lowest BCUT2D eigenvalue weighted by Gasteiger charge is -2.27. The molecule has 1 unspecified atom stereocenters. The minimum atomic E-state index is -1.04. The van der Waals surface area contributed by atoms with Crippen molar-refractivity contribution >= 4 is 29.7 Å². The van der Waals surface area contributed by atoms with Gasteiger partial charge in [-0.2, -0.15) is 0 Å². The molecule has 10 heteroatoms. The largest absolute Gasteiger partial charge is 0.491 e. The van der Waals surface area contributed by atoms with Crippen LogP contribution < -0.4 is 10.1 Å². The van der Waals surface area contributed by atoms with E-state index in [1.807, 2.05) is 0 Å². The van der Waals surface area contributed by atoms with Crippen molar-refractivity contribution in [2.45, 2.75) is 51.8 Å². The molecule has 0 bridgehead atoms. The SMILES string of the molecule is CC(C)(C)OC(=O)N1CCOc2cc3c(cc2C1)C(=O)N(C1CCC(=O)NC1=O)C3=O. The highest BCUT2D eigenvalue weighted by atomic mass is 16.6. The molecule has 31 heavy (non-hydrogen) atoms. The summed E-state index contributed by atoms with van der Waals surface area (Å²) >= 11 is 0. The minimum Gasteiger partial charge on any atom is -0.491 e. The molecule has 0 aliphatic carbocycles. The van der Waals surface area contributed by atoms with Crippen LogP contribution in [0.15, 0.2) is 12.1 Å². The first-order valence-electron chi connectivity index (χ1n) is 10.0. The van der Waals surface area contributed by atoms with Crippen molar-refractivity contribution in [2.75, 3.05) is 13.2 Å². The average molecular weight is 429 g/mol. The Bertz CT molecular complexity index is 1010. The van der Waals surface area contributed by atoms with Crippen LogP contribution in [0.5, 0.6) is 5.75 Å². The second-order valence-corrected chi connectivity index (χ2v) is 8.70. The fourth-order valence-corrected chi connectivity index (χ4v) is 3.83. The number of piperidine rings is 1. The molecule has 3 heterocycles. The van der Waals surface area contributed by atoms with Crippen LogP contribution in [0.4, 0.5) is 4.79 Å². The maximum atomic E-state index is 13.0. The molecule has 3 aliphatic rings. The summed E-state index contributed by atoms with van der Waals surface area (Å²) in [4.78, 5) is 64.4. The molecule has 0 aromatic heterocycles. The monoisotopic (exact) mass is 429 g/mol. The van der Waals surface area contributed by atoms with Crippen molar-refractivity contribution in [2.24, 2.45) is 0 Å². The molecule has 3 aliphatic heterocycles. The van der Waals surface area contributed by atoms with Crippen molar-refractivity contribution < 1.29 is 33.4 Å². The molecule has 0 radical (unpaired) electrons. The predicted molar refractivity (Wildman–Crippen MR) is 105 cm³/mol. The summed E-state index contributed by atoms with van der Waals surface area (Å²) in [5.41, 5.74) is 0.186. The van der Waals surface area contributed by atoms with Gasteiger partial charge in [-0.05, 0) is 39.3 Å². The van der Waals surface area contributed by atoms with Crippen molar-refractivity contribution in [3.05, 3.63) is 28.8 Å². The first-order valence-corrected chi connectivity index (χ1v) is 10.0. The quantitative estimate of drug-likeness (QED) is 0.666. The first kappa shape index (κ1) is 20.8. The van der Waals surface area contributed by atoms with Gasteiger partial charge in [-0.1, -0.05) is 0 Å². The lowest BCUT2D eigenvalue weighted by molar-refractivity contribution is -0.136. The summed E-state index contributed by atoms with van der Waals surface area (Å²) in [6.45, 7) is 5.95. The fraction of sp³-hybridized carbons (Fsp3) is 0.476. The number of amides is 5. The van der Waals surface area contributed by atoms with Gasteiger partial charge in [0.2, 0.25) is 11.8 Å². The Morgan fingerprint density at radius 2 is 1.81 bits per heavy atom. The Hall–Kier alpha value is -3.43. The third-order valence-electron chi connectivity index (χ3n) is 5.25. The van der Waals surface area contributed by atoms with Crippen LogP contribution in [0.2, 0.25) is 0 Å². The zero-order chi connectivity index (χ0) is 22.5. The van der Waals surface area contributed by atoms with Gasteiger partial charge in [-0.25, -0.2) is 4.79 Å². The molecule has 1 atom stereocenters. The van der Waals surface area contributed by atoms with Crippen molar-refractivity contribution in [1.82, 2.24) is 15.1 Å². The predicted octanol–water partition coefficient (Wildman–Crippen LogP) is 1.22. The van der Waals surface area contributed by atoms with Crippen molar-refractivity contribution in [3.8, 4) is 5.75 Å². The Morgan fingerprint density at radius 1 is 1.13 bits per heavy atom. The van der Waals surface area contributed by atoms with Crippen molar-refractivity contribution in [3.63, 3.8) is 0 Å². The van der Waals surface area contributed by atoms with E-state index >= 15 is 0 Å². The molecule has 164 valence electrons. The van der Waals surface area contributed by atoms with E-state index in [1.165, 1.54) is 17.0 Å². The summed E-state index contributed by atoms with van der Waals surface area (Å²) in [5.74, 6) is -1.91. The number of ether oxygens (including phenoxy) is 2. The van der Waals surface area contributed by atoms with Gasteiger partial charge >= 0.3 is 6.09 Å². The molecule has 5 amide bonds. The normalized spacial score (nSPS) is 21.2. The summed E-state index contributed by atoms with van der Waals surface area (Å²) in [5, 5.41) is 2.17. The highest BCUT2D eigenvalue weighted by molar-refractivity contribution is 6.23. The molecule has 1 saturated heterocycles. The van der Waals surface area contributed by atoms with E-state index in [0.29, 0.717) is 17.9 Å². The Labute approximate surface area is 178 Å². The van der Waals surface area contributed by atoms with Crippen LogP contribution in [-0.4, -0.2) is 64.3 Å². The lowest BCUT2D eigenvalue weighted by atomic mass is 10.0. The van der Waals surface area contributed by atoms with Crippen molar-refractivity contribution in [1.29, 1.82) is 0 Å². The summed E-state index contributed by atoms with van der Waals surface area (Å²) in [6.07, 6.45) is -0.371. The van der Waals surface area contributed by atoms with Gasteiger partial charge in [-0.3, -0.25) is 29.4 Å². The number of rotatable bonds is 1. The van der Waals surface area contributed by atoms with E-state index in [2.05, 4.69) is 5.32 Å².